The second kappa shape index (κ2) is 6.47. The molecule has 4 nitrogen and oxygen atoms in total. The summed E-state index contributed by atoms with van der Waals surface area (Å²) in [5.74, 6) is 0.603. The number of aliphatic hydroxyl groups is 1. The third-order valence-electron chi connectivity index (χ3n) is 2.90. The molecule has 0 aliphatic carbocycles. The Bertz CT molecular complexity index is 351. The molecule has 0 heterocycles. The van der Waals surface area contributed by atoms with E-state index in [4.69, 9.17) is 9.84 Å². The molecule has 1 rings (SSSR count). The molecule has 1 aromatic rings. The normalized spacial score (nSPS) is 14.4. The van der Waals surface area contributed by atoms with Crippen LogP contribution in [0.4, 0.5) is 0 Å². The van der Waals surface area contributed by atoms with E-state index in [-0.39, 0.29) is 24.4 Å². The molecule has 3 N–H and O–H groups in total. The van der Waals surface area contributed by atoms with Gasteiger partial charge in [-0.25, -0.2) is 0 Å². The molecule has 0 radical (unpaired) electrons. The van der Waals surface area contributed by atoms with Crippen LogP contribution < -0.4 is 10.1 Å². The minimum atomic E-state index is 0.0878. The zero-order valence-electron chi connectivity index (χ0n) is 10.6. The summed E-state index contributed by atoms with van der Waals surface area (Å²) in [5, 5.41) is 22.0. The first-order chi connectivity index (χ1) is 8.12. The number of methoxy groups -OCH3 is 1. The van der Waals surface area contributed by atoms with Crippen molar-refractivity contribution < 1.29 is 14.9 Å². The predicted molar refractivity (Wildman–Crippen MR) is 67.4 cm³/mol. The third-order valence-corrected chi connectivity index (χ3v) is 2.90. The fourth-order valence-electron chi connectivity index (χ4n) is 1.71. The Labute approximate surface area is 102 Å². The van der Waals surface area contributed by atoms with E-state index < -0.39 is 0 Å². The van der Waals surface area contributed by atoms with Gasteiger partial charge in [0, 0.05) is 12.1 Å². The highest BCUT2D eigenvalue weighted by molar-refractivity contribution is 5.42. The van der Waals surface area contributed by atoms with Gasteiger partial charge in [0.05, 0.1) is 13.7 Å². The van der Waals surface area contributed by atoms with Crippen molar-refractivity contribution in [3.63, 3.8) is 0 Å². The molecule has 2 atom stereocenters. The van der Waals surface area contributed by atoms with Crippen molar-refractivity contribution in [3.05, 3.63) is 23.8 Å². The van der Waals surface area contributed by atoms with Crippen molar-refractivity contribution >= 4 is 0 Å². The summed E-state index contributed by atoms with van der Waals surface area (Å²) >= 11 is 0. The Kier molecular flexibility index (Phi) is 5.25. The number of aromatic hydroxyl groups is 1. The molecule has 0 fully saturated rings. The molecular weight excluding hydrogens is 218 g/mol. The van der Waals surface area contributed by atoms with E-state index in [1.165, 1.54) is 7.11 Å². The zero-order valence-corrected chi connectivity index (χ0v) is 10.6. The number of ether oxygens (including phenoxy) is 1. The van der Waals surface area contributed by atoms with E-state index in [2.05, 4.69) is 5.32 Å². The highest BCUT2D eigenvalue weighted by Crippen LogP contribution is 2.28. The van der Waals surface area contributed by atoms with Crippen LogP contribution >= 0.6 is 0 Å². The minimum absolute atomic E-state index is 0.0878. The molecular formula is C13H21NO3. The number of hydrogen-bond donors (Lipinski definition) is 3. The van der Waals surface area contributed by atoms with Gasteiger partial charge in [0.15, 0.2) is 11.5 Å². The Morgan fingerprint density at radius 1 is 1.41 bits per heavy atom. The molecule has 0 saturated heterocycles. The van der Waals surface area contributed by atoms with Crippen LogP contribution in [0.5, 0.6) is 11.5 Å². The van der Waals surface area contributed by atoms with E-state index >= 15 is 0 Å². The Hall–Kier alpha value is -1.26. The summed E-state index contributed by atoms with van der Waals surface area (Å²) < 4.78 is 5.07. The van der Waals surface area contributed by atoms with Crippen molar-refractivity contribution in [2.75, 3.05) is 13.7 Å². The Morgan fingerprint density at radius 3 is 2.65 bits per heavy atom. The second-order valence-electron chi connectivity index (χ2n) is 4.11. The molecule has 2 unspecified atom stereocenters. The number of phenolic OH excluding ortho intramolecular Hbond substituents is 1. The van der Waals surface area contributed by atoms with Crippen molar-refractivity contribution in [2.24, 2.45) is 0 Å². The average Bonchev–Trinajstić information content (AvgIpc) is 2.36. The van der Waals surface area contributed by atoms with Crippen LogP contribution in [0.15, 0.2) is 18.2 Å². The first-order valence-electron chi connectivity index (χ1n) is 5.86. The summed E-state index contributed by atoms with van der Waals surface area (Å²) in [6.45, 7) is 4.16. The molecule has 96 valence electrons. The lowest BCUT2D eigenvalue weighted by molar-refractivity contribution is 0.230. The number of rotatable bonds is 6. The number of aliphatic hydroxyl groups excluding tert-OH is 1. The number of nitrogens with one attached hydrogen (secondary N) is 1. The molecule has 0 amide bonds. The minimum Gasteiger partial charge on any atom is -0.504 e. The maximum Gasteiger partial charge on any atom is 0.160 e. The van der Waals surface area contributed by atoms with Crippen LogP contribution in [0.25, 0.3) is 0 Å². The van der Waals surface area contributed by atoms with Crippen LogP contribution in [0.2, 0.25) is 0 Å². The van der Waals surface area contributed by atoms with Gasteiger partial charge in [-0.1, -0.05) is 13.0 Å². The first kappa shape index (κ1) is 13.8. The molecule has 0 spiro atoms. The van der Waals surface area contributed by atoms with Crippen molar-refractivity contribution in [1.29, 1.82) is 0 Å². The lowest BCUT2D eigenvalue weighted by Crippen LogP contribution is -2.33. The van der Waals surface area contributed by atoms with Crippen LogP contribution in [0, 0.1) is 0 Å². The molecule has 0 aromatic heterocycles. The van der Waals surface area contributed by atoms with Crippen LogP contribution in [-0.4, -0.2) is 30.0 Å². The van der Waals surface area contributed by atoms with Gasteiger partial charge >= 0.3 is 0 Å². The maximum absolute atomic E-state index is 9.51. The summed E-state index contributed by atoms with van der Waals surface area (Å²) in [5.41, 5.74) is 1.02. The van der Waals surface area contributed by atoms with Crippen LogP contribution in [-0.2, 0) is 0 Å². The number of phenols is 1. The van der Waals surface area contributed by atoms with Gasteiger partial charge in [0.2, 0.25) is 0 Å². The van der Waals surface area contributed by atoms with Gasteiger partial charge in [-0.05, 0) is 31.0 Å². The lowest BCUT2D eigenvalue weighted by atomic mass is 10.1. The highest BCUT2D eigenvalue weighted by Gasteiger charge is 2.12. The van der Waals surface area contributed by atoms with Gasteiger partial charge in [-0.2, -0.15) is 0 Å². The van der Waals surface area contributed by atoms with E-state index in [1.54, 1.807) is 12.1 Å². The molecule has 0 bridgehead atoms. The highest BCUT2D eigenvalue weighted by atomic mass is 16.5. The van der Waals surface area contributed by atoms with Gasteiger partial charge in [-0.15, -0.1) is 0 Å². The smallest absolute Gasteiger partial charge is 0.160 e. The molecule has 0 aliphatic rings. The third kappa shape index (κ3) is 3.61. The Morgan fingerprint density at radius 2 is 2.12 bits per heavy atom. The van der Waals surface area contributed by atoms with Gasteiger partial charge in [-0.3, -0.25) is 0 Å². The van der Waals surface area contributed by atoms with E-state index in [1.807, 2.05) is 19.9 Å². The lowest BCUT2D eigenvalue weighted by Gasteiger charge is -2.21. The molecule has 17 heavy (non-hydrogen) atoms. The largest absolute Gasteiger partial charge is 0.504 e. The molecule has 0 saturated carbocycles. The van der Waals surface area contributed by atoms with Crippen molar-refractivity contribution in [2.45, 2.75) is 32.4 Å². The van der Waals surface area contributed by atoms with E-state index in [9.17, 15) is 5.11 Å². The maximum atomic E-state index is 9.51. The van der Waals surface area contributed by atoms with Crippen LogP contribution in [0.1, 0.15) is 31.9 Å². The number of hydrogen-bond acceptors (Lipinski definition) is 4. The van der Waals surface area contributed by atoms with Gasteiger partial charge in [0.1, 0.15) is 0 Å². The van der Waals surface area contributed by atoms with Gasteiger partial charge < -0.3 is 20.3 Å². The zero-order chi connectivity index (χ0) is 12.8. The fraction of sp³-hybridized carbons (Fsp3) is 0.538. The fourth-order valence-corrected chi connectivity index (χ4v) is 1.71. The summed E-state index contributed by atoms with van der Waals surface area (Å²) in [6.07, 6.45) is 0.871. The van der Waals surface area contributed by atoms with Crippen molar-refractivity contribution in [1.82, 2.24) is 5.32 Å². The van der Waals surface area contributed by atoms with Gasteiger partial charge in [0.25, 0.3) is 0 Å². The molecule has 1 aromatic carbocycles. The molecule has 0 aliphatic heterocycles. The standard InChI is InChI=1S/C13H21NO3/c1-4-11(8-15)14-9(2)10-5-6-12(16)13(7-10)17-3/h5-7,9,11,14-16H,4,8H2,1-3H3. The summed E-state index contributed by atoms with van der Waals surface area (Å²) in [4.78, 5) is 0. The summed E-state index contributed by atoms with van der Waals surface area (Å²) in [7, 11) is 1.53. The quantitative estimate of drug-likeness (QED) is 0.708. The van der Waals surface area contributed by atoms with Crippen molar-refractivity contribution in [3.8, 4) is 11.5 Å². The second-order valence-corrected chi connectivity index (χ2v) is 4.11. The topological polar surface area (TPSA) is 61.7 Å². The van der Waals surface area contributed by atoms with E-state index in [0.29, 0.717) is 5.75 Å². The molecule has 4 heteroatoms. The van der Waals surface area contributed by atoms with Crippen LogP contribution in [0.3, 0.4) is 0 Å². The Balaban J connectivity index is 2.78. The first-order valence-corrected chi connectivity index (χ1v) is 5.86. The SMILES string of the molecule is CCC(CO)NC(C)c1ccc(O)c(OC)c1. The average molecular weight is 239 g/mol. The van der Waals surface area contributed by atoms with E-state index in [0.717, 1.165) is 12.0 Å². The monoisotopic (exact) mass is 239 g/mol. The summed E-state index contributed by atoms with van der Waals surface area (Å²) in [6, 6.07) is 5.45. The number of benzene rings is 1. The predicted octanol–water partition coefficient (Wildman–Crippen LogP) is 1.82.